The number of benzene rings is 2. The maximum absolute atomic E-state index is 12.4. The molecule has 25 heavy (non-hydrogen) atoms. The molecule has 1 N–H and O–H groups in total. The number of carbonyl (C=O) groups is 1. The molecule has 0 saturated heterocycles. The first-order valence-electron chi connectivity index (χ1n) is 8.03. The maximum Gasteiger partial charge on any atom is 0.241 e. The van der Waals surface area contributed by atoms with E-state index < -0.39 is 0 Å². The molecule has 0 bridgehead atoms. The van der Waals surface area contributed by atoms with E-state index in [1.807, 2.05) is 55.3 Å². The minimum absolute atomic E-state index is 0.0986. The fraction of sp³-hybridized carbons (Fsp3) is 0.316. The molecule has 0 radical (unpaired) electrons. The zero-order valence-corrected chi connectivity index (χ0v) is 15.4. The van der Waals surface area contributed by atoms with Crippen molar-refractivity contribution in [1.29, 1.82) is 0 Å². The SMILES string of the molecule is COc1ccccc1NC(=O)[C@H](C)N(C)CCOc1ccc(Cl)cc1. The highest BCUT2D eigenvalue weighted by molar-refractivity contribution is 6.30. The van der Waals surface area contributed by atoms with E-state index >= 15 is 0 Å². The molecule has 5 nitrogen and oxygen atoms in total. The molecular weight excluding hydrogens is 340 g/mol. The van der Waals surface area contributed by atoms with Crippen LogP contribution in [0.1, 0.15) is 6.92 Å². The van der Waals surface area contributed by atoms with Crippen LogP contribution in [0.3, 0.4) is 0 Å². The highest BCUT2D eigenvalue weighted by Gasteiger charge is 2.19. The number of amides is 1. The van der Waals surface area contributed by atoms with Crippen molar-refractivity contribution in [2.45, 2.75) is 13.0 Å². The minimum atomic E-state index is -0.307. The molecule has 0 fully saturated rings. The fourth-order valence-corrected chi connectivity index (χ4v) is 2.34. The minimum Gasteiger partial charge on any atom is -0.495 e. The lowest BCUT2D eigenvalue weighted by molar-refractivity contribution is -0.120. The van der Waals surface area contributed by atoms with Gasteiger partial charge in [-0.1, -0.05) is 23.7 Å². The van der Waals surface area contributed by atoms with Gasteiger partial charge in [0, 0.05) is 11.6 Å². The molecular formula is C19H23ClN2O3. The summed E-state index contributed by atoms with van der Waals surface area (Å²) in [4.78, 5) is 14.4. The Hall–Kier alpha value is -2.24. The largest absolute Gasteiger partial charge is 0.495 e. The predicted molar refractivity (Wildman–Crippen MR) is 101 cm³/mol. The van der Waals surface area contributed by atoms with Gasteiger partial charge in [-0.25, -0.2) is 0 Å². The van der Waals surface area contributed by atoms with Gasteiger partial charge < -0.3 is 14.8 Å². The van der Waals surface area contributed by atoms with E-state index in [1.165, 1.54) is 0 Å². The quantitative estimate of drug-likeness (QED) is 0.778. The average Bonchev–Trinajstić information content (AvgIpc) is 2.63. The molecule has 2 aromatic carbocycles. The van der Waals surface area contributed by atoms with E-state index in [9.17, 15) is 4.79 Å². The highest BCUT2D eigenvalue weighted by Crippen LogP contribution is 2.23. The molecule has 0 aliphatic rings. The zero-order chi connectivity index (χ0) is 18.2. The molecule has 1 atom stereocenters. The second kappa shape index (κ2) is 9.30. The predicted octanol–water partition coefficient (Wildman–Crippen LogP) is 3.69. The number of hydrogen-bond acceptors (Lipinski definition) is 4. The lowest BCUT2D eigenvalue weighted by Crippen LogP contribution is -2.41. The van der Waals surface area contributed by atoms with Crippen LogP contribution in [-0.4, -0.2) is 44.2 Å². The number of nitrogens with zero attached hydrogens (tertiary/aromatic N) is 1. The topological polar surface area (TPSA) is 50.8 Å². The lowest BCUT2D eigenvalue weighted by atomic mass is 10.2. The van der Waals surface area contributed by atoms with E-state index in [2.05, 4.69) is 5.32 Å². The number of likely N-dealkylation sites (N-methyl/N-ethyl adjacent to an activating group) is 1. The molecule has 2 aromatic rings. The Morgan fingerprint density at radius 3 is 2.56 bits per heavy atom. The Morgan fingerprint density at radius 2 is 1.88 bits per heavy atom. The molecule has 0 aromatic heterocycles. The first kappa shape index (κ1) is 19.1. The maximum atomic E-state index is 12.4. The Labute approximate surface area is 153 Å². The number of rotatable bonds is 8. The summed E-state index contributed by atoms with van der Waals surface area (Å²) in [5.41, 5.74) is 0.660. The molecule has 0 heterocycles. The van der Waals surface area contributed by atoms with Gasteiger partial charge in [-0.2, -0.15) is 0 Å². The number of hydrogen-bond donors (Lipinski definition) is 1. The van der Waals surface area contributed by atoms with Crippen molar-refractivity contribution < 1.29 is 14.3 Å². The third-order valence-corrected chi connectivity index (χ3v) is 4.18. The number of halogens is 1. The Bertz CT molecular complexity index is 691. The molecule has 0 saturated carbocycles. The number of anilines is 1. The monoisotopic (exact) mass is 362 g/mol. The normalized spacial score (nSPS) is 11.9. The van der Waals surface area contributed by atoms with Gasteiger partial charge in [-0.05, 0) is 50.4 Å². The summed E-state index contributed by atoms with van der Waals surface area (Å²) in [6.07, 6.45) is 0. The van der Waals surface area contributed by atoms with E-state index in [0.717, 1.165) is 5.75 Å². The number of methoxy groups -OCH3 is 1. The summed E-state index contributed by atoms with van der Waals surface area (Å²) in [7, 11) is 3.46. The first-order valence-corrected chi connectivity index (χ1v) is 8.41. The van der Waals surface area contributed by atoms with Crippen molar-refractivity contribution in [1.82, 2.24) is 4.90 Å². The second-order valence-corrected chi connectivity index (χ2v) is 6.08. The van der Waals surface area contributed by atoms with Gasteiger partial charge in [0.1, 0.15) is 18.1 Å². The van der Waals surface area contributed by atoms with Crippen molar-refractivity contribution in [2.24, 2.45) is 0 Å². The van der Waals surface area contributed by atoms with Crippen LogP contribution in [0.25, 0.3) is 0 Å². The summed E-state index contributed by atoms with van der Waals surface area (Å²) >= 11 is 5.84. The summed E-state index contributed by atoms with van der Waals surface area (Å²) < 4.78 is 10.9. The molecule has 0 aliphatic carbocycles. The zero-order valence-electron chi connectivity index (χ0n) is 14.7. The molecule has 2 rings (SSSR count). The van der Waals surface area contributed by atoms with Crippen LogP contribution < -0.4 is 14.8 Å². The number of para-hydroxylation sites is 2. The van der Waals surface area contributed by atoms with Gasteiger partial charge in [-0.3, -0.25) is 9.69 Å². The van der Waals surface area contributed by atoms with Crippen LogP contribution >= 0.6 is 11.6 Å². The van der Waals surface area contributed by atoms with Crippen molar-refractivity contribution in [2.75, 3.05) is 32.6 Å². The third-order valence-electron chi connectivity index (χ3n) is 3.93. The van der Waals surface area contributed by atoms with Crippen LogP contribution in [0.5, 0.6) is 11.5 Å². The summed E-state index contributed by atoms with van der Waals surface area (Å²) in [5.74, 6) is 1.29. The van der Waals surface area contributed by atoms with E-state index in [4.69, 9.17) is 21.1 Å². The van der Waals surface area contributed by atoms with Gasteiger partial charge in [0.15, 0.2) is 0 Å². The molecule has 0 spiro atoms. The fourth-order valence-electron chi connectivity index (χ4n) is 2.22. The van der Waals surface area contributed by atoms with E-state index in [1.54, 1.807) is 19.2 Å². The first-order chi connectivity index (χ1) is 12.0. The van der Waals surface area contributed by atoms with Gasteiger partial charge in [0.05, 0.1) is 18.8 Å². The summed E-state index contributed by atoms with van der Waals surface area (Å²) in [6.45, 7) is 2.95. The van der Waals surface area contributed by atoms with Gasteiger partial charge in [-0.15, -0.1) is 0 Å². The van der Waals surface area contributed by atoms with Crippen LogP contribution in [0.2, 0.25) is 5.02 Å². The van der Waals surface area contributed by atoms with Crippen molar-refractivity contribution in [3.05, 3.63) is 53.6 Å². The van der Waals surface area contributed by atoms with Gasteiger partial charge in [0.2, 0.25) is 5.91 Å². The van der Waals surface area contributed by atoms with Gasteiger partial charge >= 0.3 is 0 Å². The van der Waals surface area contributed by atoms with Crippen LogP contribution in [0, 0.1) is 0 Å². The molecule has 1 amide bonds. The molecule has 6 heteroatoms. The number of carbonyl (C=O) groups excluding carboxylic acids is 1. The van der Waals surface area contributed by atoms with Crippen molar-refractivity contribution >= 4 is 23.2 Å². The average molecular weight is 363 g/mol. The van der Waals surface area contributed by atoms with E-state index in [0.29, 0.717) is 29.6 Å². The third kappa shape index (κ3) is 5.66. The Balaban J connectivity index is 1.83. The summed E-state index contributed by atoms with van der Waals surface area (Å²) in [5, 5.41) is 3.57. The van der Waals surface area contributed by atoms with E-state index in [-0.39, 0.29) is 11.9 Å². The molecule has 0 unspecified atom stereocenters. The van der Waals surface area contributed by atoms with Gasteiger partial charge in [0.25, 0.3) is 0 Å². The second-order valence-electron chi connectivity index (χ2n) is 5.65. The Morgan fingerprint density at radius 1 is 1.20 bits per heavy atom. The molecule has 134 valence electrons. The summed E-state index contributed by atoms with van der Waals surface area (Å²) in [6, 6.07) is 14.2. The highest BCUT2D eigenvalue weighted by atomic mass is 35.5. The van der Waals surface area contributed by atoms with Crippen molar-refractivity contribution in [3.63, 3.8) is 0 Å². The smallest absolute Gasteiger partial charge is 0.241 e. The lowest BCUT2D eigenvalue weighted by Gasteiger charge is -2.24. The standard InChI is InChI=1S/C19H23ClN2O3/c1-14(19(23)21-17-6-4-5-7-18(17)24-3)22(2)12-13-25-16-10-8-15(20)9-11-16/h4-11,14H,12-13H2,1-3H3,(H,21,23)/t14-/m0/s1. The number of ether oxygens (including phenoxy) is 2. The van der Waals surface area contributed by atoms with Crippen molar-refractivity contribution in [3.8, 4) is 11.5 Å². The van der Waals surface area contributed by atoms with Crippen LogP contribution in [-0.2, 0) is 4.79 Å². The Kier molecular flexibility index (Phi) is 7.10. The molecule has 0 aliphatic heterocycles. The van der Waals surface area contributed by atoms with Crippen LogP contribution in [0.4, 0.5) is 5.69 Å². The number of nitrogens with one attached hydrogen (secondary N) is 1. The van der Waals surface area contributed by atoms with Crippen LogP contribution in [0.15, 0.2) is 48.5 Å².